The first-order valence-electron chi connectivity index (χ1n) is 11.1. The standard InChI is InChI=1S/C26H29FN4OS2/c1-31(13-14-33-17-18-3-7-21(32-2)8-4-18)12-11-29-23-9-5-19(15-22(23)28)26-30-24-10-6-20(27)16-25(24)34-26/h3-10,15-16,29H,11-14,17,28H2,1-2H3. The molecule has 0 fully saturated rings. The number of thioether (sulfide) groups is 1. The molecule has 0 saturated carbocycles. The maximum Gasteiger partial charge on any atom is 0.124 e. The van der Waals surface area contributed by atoms with Crippen LogP contribution in [-0.2, 0) is 5.75 Å². The molecule has 0 aliphatic heterocycles. The lowest BCUT2D eigenvalue weighted by Crippen LogP contribution is -2.27. The van der Waals surface area contributed by atoms with Crippen LogP contribution in [0.15, 0.2) is 60.7 Å². The molecular formula is C26H29FN4OS2. The minimum absolute atomic E-state index is 0.248. The van der Waals surface area contributed by atoms with E-state index in [4.69, 9.17) is 10.5 Å². The van der Waals surface area contributed by atoms with Crippen LogP contribution in [0.1, 0.15) is 5.56 Å². The number of rotatable bonds is 11. The van der Waals surface area contributed by atoms with Crippen LogP contribution in [-0.4, -0.2) is 49.4 Å². The summed E-state index contributed by atoms with van der Waals surface area (Å²) in [5, 5.41) is 4.27. The van der Waals surface area contributed by atoms with E-state index in [9.17, 15) is 4.39 Å². The number of benzene rings is 3. The summed E-state index contributed by atoms with van der Waals surface area (Å²) in [6.45, 7) is 2.76. The average Bonchev–Trinajstić information content (AvgIpc) is 3.26. The van der Waals surface area contributed by atoms with Gasteiger partial charge in [0.15, 0.2) is 0 Å². The number of hydrogen-bond donors (Lipinski definition) is 2. The fraction of sp³-hybridized carbons (Fsp3) is 0.269. The predicted octanol–water partition coefficient (Wildman–Crippen LogP) is 5.97. The molecule has 0 aliphatic carbocycles. The van der Waals surface area contributed by atoms with Gasteiger partial charge in [-0.05, 0) is 61.1 Å². The number of nitrogens with two attached hydrogens (primary N) is 1. The van der Waals surface area contributed by atoms with Gasteiger partial charge in [-0.25, -0.2) is 9.37 Å². The van der Waals surface area contributed by atoms with Gasteiger partial charge in [-0.2, -0.15) is 11.8 Å². The summed E-state index contributed by atoms with van der Waals surface area (Å²) in [6.07, 6.45) is 0. The third-order valence-corrected chi connectivity index (χ3v) is 7.58. The van der Waals surface area contributed by atoms with E-state index < -0.39 is 0 Å². The molecule has 34 heavy (non-hydrogen) atoms. The number of thiazole rings is 1. The molecule has 0 bridgehead atoms. The van der Waals surface area contributed by atoms with Crippen molar-refractivity contribution >= 4 is 44.7 Å². The Labute approximate surface area is 208 Å². The van der Waals surface area contributed by atoms with E-state index in [1.54, 1.807) is 13.2 Å². The van der Waals surface area contributed by atoms with Crippen molar-refractivity contribution in [2.24, 2.45) is 0 Å². The number of likely N-dealkylation sites (N-methyl/N-ethyl adjacent to an activating group) is 1. The predicted molar refractivity (Wildman–Crippen MR) is 145 cm³/mol. The molecule has 0 amide bonds. The Bertz CT molecular complexity index is 1230. The van der Waals surface area contributed by atoms with Gasteiger partial charge in [0.25, 0.3) is 0 Å². The zero-order valence-corrected chi connectivity index (χ0v) is 21.0. The molecule has 0 aliphatic rings. The average molecular weight is 497 g/mol. The van der Waals surface area contributed by atoms with Crippen molar-refractivity contribution in [3.63, 3.8) is 0 Å². The Morgan fingerprint density at radius 3 is 2.68 bits per heavy atom. The SMILES string of the molecule is COc1ccc(CSCCN(C)CCNc2ccc(-c3nc4ccc(F)cc4s3)cc2N)cc1. The number of nitrogens with one attached hydrogen (secondary N) is 1. The highest BCUT2D eigenvalue weighted by Crippen LogP contribution is 2.33. The first kappa shape index (κ1) is 24.3. The number of hydrogen-bond acceptors (Lipinski definition) is 7. The summed E-state index contributed by atoms with van der Waals surface area (Å²) in [6, 6.07) is 18.8. The highest BCUT2D eigenvalue weighted by Gasteiger charge is 2.09. The second kappa shape index (κ2) is 11.6. The lowest BCUT2D eigenvalue weighted by molar-refractivity contribution is 0.370. The van der Waals surface area contributed by atoms with E-state index in [1.807, 2.05) is 42.1 Å². The lowest BCUT2D eigenvalue weighted by atomic mass is 10.2. The topological polar surface area (TPSA) is 63.4 Å². The van der Waals surface area contributed by atoms with Crippen molar-refractivity contribution in [1.29, 1.82) is 0 Å². The van der Waals surface area contributed by atoms with Gasteiger partial charge in [0.2, 0.25) is 0 Å². The molecule has 4 aromatic rings. The third kappa shape index (κ3) is 6.40. The second-order valence-corrected chi connectivity index (χ2v) is 10.2. The van der Waals surface area contributed by atoms with Crippen LogP contribution >= 0.6 is 23.1 Å². The minimum Gasteiger partial charge on any atom is -0.497 e. The first-order valence-corrected chi connectivity index (χ1v) is 13.1. The zero-order chi connectivity index (χ0) is 23.9. The summed E-state index contributed by atoms with van der Waals surface area (Å²) in [7, 11) is 3.82. The molecule has 0 spiro atoms. The van der Waals surface area contributed by atoms with E-state index in [1.165, 1.54) is 29.0 Å². The lowest BCUT2D eigenvalue weighted by Gasteiger charge is -2.18. The highest BCUT2D eigenvalue weighted by molar-refractivity contribution is 7.98. The van der Waals surface area contributed by atoms with Crippen LogP contribution in [0.5, 0.6) is 5.75 Å². The fourth-order valence-electron chi connectivity index (χ4n) is 3.50. The van der Waals surface area contributed by atoms with Crippen LogP contribution in [0.3, 0.4) is 0 Å². The van der Waals surface area contributed by atoms with Crippen LogP contribution in [0.2, 0.25) is 0 Å². The van der Waals surface area contributed by atoms with Gasteiger partial charge in [0.1, 0.15) is 16.6 Å². The maximum absolute atomic E-state index is 13.5. The summed E-state index contributed by atoms with van der Waals surface area (Å²) in [5.41, 5.74) is 10.9. The van der Waals surface area contributed by atoms with Crippen LogP contribution in [0.25, 0.3) is 20.8 Å². The van der Waals surface area contributed by atoms with Crippen molar-refractivity contribution in [3.8, 4) is 16.3 Å². The number of halogens is 1. The first-order chi connectivity index (χ1) is 16.5. The van der Waals surface area contributed by atoms with Crippen molar-refractivity contribution < 1.29 is 9.13 Å². The zero-order valence-electron chi connectivity index (χ0n) is 19.4. The van der Waals surface area contributed by atoms with E-state index >= 15 is 0 Å². The van der Waals surface area contributed by atoms with E-state index in [0.29, 0.717) is 5.69 Å². The normalized spacial score (nSPS) is 11.3. The second-order valence-electron chi connectivity index (χ2n) is 8.06. The number of methoxy groups -OCH3 is 1. The largest absolute Gasteiger partial charge is 0.497 e. The Balaban J connectivity index is 1.21. The Morgan fingerprint density at radius 1 is 1.09 bits per heavy atom. The summed E-state index contributed by atoms with van der Waals surface area (Å²) >= 11 is 3.40. The van der Waals surface area contributed by atoms with Gasteiger partial charge in [-0.1, -0.05) is 12.1 Å². The quantitative estimate of drug-likeness (QED) is 0.197. The Morgan fingerprint density at radius 2 is 1.91 bits per heavy atom. The van der Waals surface area contributed by atoms with Crippen LogP contribution in [0, 0.1) is 5.82 Å². The fourth-order valence-corrected chi connectivity index (χ4v) is 5.50. The number of fused-ring (bicyclic) bond motifs is 1. The Hall–Kier alpha value is -2.81. The van der Waals surface area contributed by atoms with Gasteiger partial charge in [0, 0.05) is 36.7 Å². The molecule has 0 saturated heterocycles. The van der Waals surface area contributed by atoms with Crippen molar-refractivity contribution in [2.75, 3.05) is 50.6 Å². The number of anilines is 2. The van der Waals surface area contributed by atoms with Gasteiger partial charge in [-0.15, -0.1) is 11.3 Å². The molecule has 3 aromatic carbocycles. The van der Waals surface area contributed by atoms with E-state index in [-0.39, 0.29) is 5.82 Å². The van der Waals surface area contributed by atoms with Crippen LogP contribution < -0.4 is 15.8 Å². The van der Waals surface area contributed by atoms with Crippen molar-refractivity contribution in [1.82, 2.24) is 9.88 Å². The van der Waals surface area contributed by atoms with Crippen molar-refractivity contribution in [3.05, 3.63) is 72.0 Å². The van der Waals surface area contributed by atoms with Gasteiger partial charge >= 0.3 is 0 Å². The molecule has 0 unspecified atom stereocenters. The monoisotopic (exact) mass is 496 g/mol. The number of aromatic nitrogens is 1. The smallest absolute Gasteiger partial charge is 0.124 e. The molecule has 5 nitrogen and oxygen atoms in total. The summed E-state index contributed by atoms with van der Waals surface area (Å²) in [4.78, 5) is 6.92. The van der Waals surface area contributed by atoms with Gasteiger partial charge < -0.3 is 20.7 Å². The number of nitrogen functional groups attached to an aromatic ring is 1. The summed E-state index contributed by atoms with van der Waals surface area (Å²) in [5.74, 6) is 2.72. The minimum atomic E-state index is -0.248. The Kier molecular flexibility index (Phi) is 8.26. The van der Waals surface area contributed by atoms with Gasteiger partial charge in [-0.3, -0.25) is 0 Å². The maximum atomic E-state index is 13.5. The highest BCUT2D eigenvalue weighted by atomic mass is 32.2. The van der Waals surface area contributed by atoms with Crippen LogP contribution in [0.4, 0.5) is 15.8 Å². The molecule has 4 rings (SSSR count). The molecule has 0 radical (unpaired) electrons. The molecule has 0 atom stereocenters. The molecule has 8 heteroatoms. The molecular weight excluding hydrogens is 467 g/mol. The number of ether oxygens (including phenoxy) is 1. The third-order valence-electron chi connectivity index (χ3n) is 5.50. The van der Waals surface area contributed by atoms with Gasteiger partial charge in [0.05, 0.1) is 28.7 Å². The molecule has 178 valence electrons. The van der Waals surface area contributed by atoms with E-state index in [0.717, 1.165) is 63.4 Å². The van der Waals surface area contributed by atoms with Crippen molar-refractivity contribution in [2.45, 2.75) is 5.75 Å². The number of nitrogens with zero attached hydrogens (tertiary/aromatic N) is 2. The molecule has 1 aromatic heterocycles. The summed E-state index contributed by atoms with van der Waals surface area (Å²) < 4.78 is 19.5. The molecule has 1 heterocycles. The molecule has 3 N–H and O–H groups in total. The van der Waals surface area contributed by atoms with E-state index in [2.05, 4.69) is 34.4 Å².